The van der Waals surface area contributed by atoms with Crippen LogP contribution in [0.5, 0.6) is 34.5 Å². The normalized spacial score (nSPS) is 15.2. The SMILES string of the molecule is COc1cc(Oc2ccc3c(c2)CC[C@H](CNC[C@H](O)COc2ccccc2)O3)c(C(=O)O)cc1OC. The number of ether oxygens (including phenoxy) is 5. The van der Waals surface area contributed by atoms with Gasteiger partial charge in [-0.15, -0.1) is 0 Å². The molecule has 0 bridgehead atoms. The standard InChI is InChI=1S/C28H31NO8/c1-33-26-13-23(28(31)32)25(14-27(26)34-2)36-21-10-11-24-18(12-21)8-9-22(37-24)16-29-15-19(30)17-35-20-6-4-3-5-7-20/h3-7,10-14,19,22,29-30H,8-9,15-17H2,1-2H3,(H,31,32)/t19-,22+/m0/s1. The lowest BCUT2D eigenvalue weighted by molar-refractivity contribution is 0.0693. The molecule has 0 amide bonds. The summed E-state index contributed by atoms with van der Waals surface area (Å²) >= 11 is 0. The number of aryl methyl sites for hydroxylation is 1. The molecule has 0 fully saturated rings. The topological polar surface area (TPSA) is 116 Å². The summed E-state index contributed by atoms with van der Waals surface area (Å²) in [5, 5.41) is 23.0. The number of carbonyl (C=O) groups is 1. The summed E-state index contributed by atoms with van der Waals surface area (Å²) in [6, 6.07) is 17.7. The quantitative estimate of drug-likeness (QED) is 0.334. The van der Waals surface area contributed by atoms with Gasteiger partial charge >= 0.3 is 5.97 Å². The van der Waals surface area contributed by atoms with Gasteiger partial charge < -0.3 is 39.2 Å². The number of aromatic carboxylic acids is 1. The van der Waals surface area contributed by atoms with Gasteiger partial charge in [0.1, 0.15) is 47.4 Å². The molecule has 1 aliphatic rings. The van der Waals surface area contributed by atoms with Crippen LogP contribution in [0.15, 0.2) is 60.7 Å². The van der Waals surface area contributed by atoms with E-state index in [0.717, 1.165) is 29.9 Å². The van der Waals surface area contributed by atoms with Gasteiger partial charge in [-0.25, -0.2) is 4.79 Å². The molecule has 0 aliphatic carbocycles. The molecule has 0 unspecified atom stereocenters. The Morgan fingerprint density at radius 1 is 1.03 bits per heavy atom. The van der Waals surface area contributed by atoms with E-state index in [0.29, 0.717) is 30.3 Å². The number of aliphatic hydroxyl groups excluding tert-OH is 1. The third-order valence-electron chi connectivity index (χ3n) is 5.94. The summed E-state index contributed by atoms with van der Waals surface area (Å²) in [5.41, 5.74) is 0.941. The van der Waals surface area contributed by atoms with E-state index >= 15 is 0 Å². The van der Waals surface area contributed by atoms with E-state index in [-0.39, 0.29) is 24.0 Å². The number of methoxy groups -OCH3 is 2. The number of rotatable bonds is 12. The molecular weight excluding hydrogens is 478 g/mol. The Morgan fingerprint density at radius 3 is 2.51 bits per heavy atom. The average molecular weight is 510 g/mol. The van der Waals surface area contributed by atoms with Gasteiger partial charge in [0, 0.05) is 25.2 Å². The van der Waals surface area contributed by atoms with Gasteiger partial charge in [-0.2, -0.15) is 0 Å². The highest BCUT2D eigenvalue weighted by Crippen LogP contribution is 2.38. The van der Waals surface area contributed by atoms with Crippen molar-refractivity contribution in [2.45, 2.75) is 25.0 Å². The Morgan fingerprint density at radius 2 is 1.78 bits per heavy atom. The number of carboxylic acids is 1. The second-order valence-corrected chi connectivity index (χ2v) is 8.59. The van der Waals surface area contributed by atoms with Crippen LogP contribution >= 0.6 is 0 Å². The van der Waals surface area contributed by atoms with Gasteiger partial charge in [0.15, 0.2) is 11.5 Å². The molecule has 3 N–H and O–H groups in total. The van der Waals surface area contributed by atoms with E-state index < -0.39 is 12.1 Å². The van der Waals surface area contributed by atoms with Crippen LogP contribution in [0, 0.1) is 0 Å². The van der Waals surface area contributed by atoms with E-state index in [4.69, 9.17) is 23.7 Å². The Balaban J connectivity index is 1.31. The summed E-state index contributed by atoms with van der Waals surface area (Å²) in [6.45, 7) is 1.19. The van der Waals surface area contributed by atoms with Gasteiger partial charge in [0.05, 0.1) is 14.2 Å². The fourth-order valence-electron chi connectivity index (χ4n) is 4.05. The summed E-state index contributed by atoms with van der Waals surface area (Å²) in [4.78, 5) is 11.8. The molecule has 1 heterocycles. The maximum absolute atomic E-state index is 11.8. The summed E-state index contributed by atoms with van der Waals surface area (Å²) in [6.07, 6.45) is 0.890. The first-order valence-corrected chi connectivity index (χ1v) is 12.0. The Bertz CT molecular complexity index is 1200. The zero-order valence-electron chi connectivity index (χ0n) is 20.8. The van der Waals surface area contributed by atoms with Crippen LogP contribution in [-0.4, -0.2) is 62.3 Å². The van der Waals surface area contributed by atoms with Crippen molar-refractivity contribution in [3.05, 3.63) is 71.8 Å². The Kier molecular flexibility index (Phi) is 8.71. The second-order valence-electron chi connectivity index (χ2n) is 8.59. The molecule has 0 saturated heterocycles. The molecule has 4 rings (SSSR count). The number of hydrogen-bond acceptors (Lipinski definition) is 8. The number of nitrogens with one attached hydrogen (secondary N) is 1. The van der Waals surface area contributed by atoms with Gasteiger partial charge in [0.25, 0.3) is 0 Å². The maximum Gasteiger partial charge on any atom is 0.339 e. The molecule has 3 aromatic carbocycles. The molecule has 196 valence electrons. The number of hydrogen-bond donors (Lipinski definition) is 3. The minimum atomic E-state index is -1.13. The van der Waals surface area contributed by atoms with Crippen LogP contribution in [0.2, 0.25) is 0 Å². The van der Waals surface area contributed by atoms with Gasteiger partial charge in [-0.1, -0.05) is 18.2 Å². The third-order valence-corrected chi connectivity index (χ3v) is 5.94. The predicted molar refractivity (Wildman–Crippen MR) is 137 cm³/mol. The van der Waals surface area contributed by atoms with E-state index in [1.54, 1.807) is 6.07 Å². The predicted octanol–water partition coefficient (Wildman–Crippen LogP) is 3.92. The number of para-hydroxylation sites is 1. The third kappa shape index (κ3) is 6.84. The van der Waals surface area contributed by atoms with Gasteiger partial charge in [-0.05, 0) is 48.7 Å². The Labute approximate surface area is 215 Å². The molecule has 0 saturated carbocycles. The highest BCUT2D eigenvalue weighted by atomic mass is 16.5. The van der Waals surface area contributed by atoms with Crippen LogP contribution in [0.4, 0.5) is 0 Å². The van der Waals surface area contributed by atoms with Crippen molar-refractivity contribution in [1.29, 1.82) is 0 Å². The molecule has 9 nitrogen and oxygen atoms in total. The van der Waals surface area contributed by atoms with Gasteiger partial charge in [0.2, 0.25) is 0 Å². The minimum Gasteiger partial charge on any atom is -0.493 e. The molecule has 3 aromatic rings. The molecule has 1 aliphatic heterocycles. The molecule has 0 spiro atoms. The van der Waals surface area contributed by atoms with Crippen molar-refractivity contribution in [2.75, 3.05) is 33.9 Å². The van der Waals surface area contributed by atoms with E-state index in [2.05, 4.69) is 5.32 Å². The summed E-state index contributed by atoms with van der Waals surface area (Å²) < 4.78 is 28.1. The van der Waals surface area contributed by atoms with Crippen LogP contribution in [0.1, 0.15) is 22.3 Å². The van der Waals surface area contributed by atoms with Crippen LogP contribution in [-0.2, 0) is 6.42 Å². The number of carboxylic acid groups (broad SMARTS) is 1. The van der Waals surface area contributed by atoms with Crippen molar-refractivity contribution < 1.29 is 38.7 Å². The van der Waals surface area contributed by atoms with Crippen molar-refractivity contribution in [1.82, 2.24) is 5.32 Å². The Hall–Kier alpha value is -3.95. The first kappa shape index (κ1) is 26.1. The molecule has 0 aromatic heterocycles. The summed E-state index contributed by atoms with van der Waals surface area (Å²) in [7, 11) is 2.92. The molecule has 2 atom stereocenters. The fraction of sp³-hybridized carbons (Fsp3) is 0.321. The minimum absolute atomic E-state index is 0.0332. The molecule has 0 radical (unpaired) electrons. The van der Waals surface area contributed by atoms with Crippen molar-refractivity contribution in [3.8, 4) is 34.5 Å². The van der Waals surface area contributed by atoms with E-state index in [9.17, 15) is 15.0 Å². The first-order valence-electron chi connectivity index (χ1n) is 12.0. The smallest absolute Gasteiger partial charge is 0.339 e. The van der Waals surface area contributed by atoms with Crippen molar-refractivity contribution in [3.63, 3.8) is 0 Å². The second kappa shape index (κ2) is 12.3. The lowest BCUT2D eigenvalue weighted by Crippen LogP contribution is -2.39. The lowest BCUT2D eigenvalue weighted by atomic mass is 10.0. The van der Waals surface area contributed by atoms with Crippen LogP contribution < -0.4 is 29.0 Å². The van der Waals surface area contributed by atoms with Crippen LogP contribution in [0.25, 0.3) is 0 Å². The molecule has 37 heavy (non-hydrogen) atoms. The number of fused-ring (bicyclic) bond motifs is 1. The molecular formula is C28H31NO8. The number of aliphatic hydroxyl groups is 1. The largest absolute Gasteiger partial charge is 0.493 e. The van der Waals surface area contributed by atoms with Gasteiger partial charge in [-0.3, -0.25) is 0 Å². The zero-order chi connectivity index (χ0) is 26.2. The first-order chi connectivity index (χ1) is 18.0. The monoisotopic (exact) mass is 509 g/mol. The fourth-order valence-corrected chi connectivity index (χ4v) is 4.05. The van der Waals surface area contributed by atoms with E-state index in [1.165, 1.54) is 26.4 Å². The summed E-state index contributed by atoms with van der Waals surface area (Å²) in [5.74, 6) is 1.67. The van der Waals surface area contributed by atoms with Crippen LogP contribution in [0.3, 0.4) is 0 Å². The highest BCUT2D eigenvalue weighted by molar-refractivity contribution is 5.92. The zero-order valence-corrected chi connectivity index (χ0v) is 20.8. The highest BCUT2D eigenvalue weighted by Gasteiger charge is 2.22. The maximum atomic E-state index is 11.8. The molecule has 9 heteroatoms. The lowest BCUT2D eigenvalue weighted by Gasteiger charge is -2.27. The van der Waals surface area contributed by atoms with Crippen molar-refractivity contribution in [2.24, 2.45) is 0 Å². The van der Waals surface area contributed by atoms with Crippen molar-refractivity contribution >= 4 is 5.97 Å². The van der Waals surface area contributed by atoms with E-state index in [1.807, 2.05) is 42.5 Å². The number of benzene rings is 3. The average Bonchev–Trinajstić information content (AvgIpc) is 2.92.